The van der Waals surface area contributed by atoms with Crippen LogP contribution in [0.4, 0.5) is 0 Å². The number of halogens is 6. The summed E-state index contributed by atoms with van der Waals surface area (Å²) in [6.07, 6.45) is 0.225. The van der Waals surface area contributed by atoms with Crippen molar-refractivity contribution in [2.75, 3.05) is 0 Å². The van der Waals surface area contributed by atoms with Gasteiger partial charge >= 0.3 is 9.95 Å². The highest BCUT2D eigenvalue weighted by Crippen LogP contribution is 2.48. The summed E-state index contributed by atoms with van der Waals surface area (Å²) >= 11 is 32.9. The van der Waals surface area contributed by atoms with Gasteiger partial charge in [0.25, 0.3) is 0 Å². The van der Waals surface area contributed by atoms with Crippen LogP contribution in [0.2, 0.25) is 0 Å². The summed E-state index contributed by atoms with van der Waals surface area (Å²) in [5, 5.41) is 0. The van der Waals surface area contributed by atoms with Gasteiger partial charge in [0.05, 0.1) is 0 Å². The van der Waals surface area contributed by atoms with E-state index in [1.54, 1.807) is 6.92 Å². The molecular weight excluding hydrogens is 329 g/mol. The summed E-state index contributed by atoms with van der Waals surface area (Å²) in [6, 6.07) is 0. The summed E-state index contributed by atoms with van der Waals surface area (Å²) in [7, 11) is 0. The Morgan fingerprint density at radius 1 is 1.13 bits per heavy atom. The van der Waals surface area contributed by atoms with Gasteiger partial charge < -0.3 is 4.74 Å². The Labute approximate surface area is 118 Å². The smallest absolute Gasteiger partial charge is 0.340 e. The number of alkyl halides is 6. The highest BCUT2D eigenvalue weighted by molar-refractivity contribution is 6.69. The van der Waals surface area contributed by atoms with Crippen LogP contribution in [0.25, 0.3) is 0 Å². The van der Waals surface area contributed by atoms with Gasteiger partial charge in [-0.2, -0.15) is 0 Å². The minimum absolute atomic E-state index is 0.225. The molecule has 8 heteroatoms. The summed E-state index contributed by atoms with van der Waals surface area (Å²) in [5.74, 6) is -0.884. The van der Waals surface area contributed by atoms with Crippen LogP contribution in [0.5, 0.6) is 0 Å². The minimum atomic E-state index is -2.16. The molecule has 0 bridgehead atoms. The quantitative estimate of drug-likeness (QED) is 0.542. The van der Waals surface area contributed by atoms with Gasteiger partial charge in [-0.25, -0.2) is 0 Å². The van der Waals surface area contributed by atoms with Crippen molar-refractivity contribution in [2.45, 2.75) is 28.0 Å². The van der Waals surface area contributed by atoms with Gasteiger partial charge in [0.2, 0.25) is 3.79 Å². The summed E-state index contributed by atoms with van der Waals surface area (Å²) < 4.78 is 0.522. The fraction of sp³-hybridized carbons (Fsp3) is 0.857. The zero-order chi connectivity index (χ0) is 12.5. The molecule has 0 fully saturated rings. The molecule has 0 saturated heterocycles. The van der Waals surface area contributed by atoms with Crippen LogP contribution in [-0.2, 0) is 9.53 Å². The van der Waals surface area contributed by atoms with E-state index in [9.17, 15) is 4.79 Å². The second-order valence-electron chi connectivity index (χ2n) is 3.02. The van der Waals surface area contributed by atoms with Gasteiger partial charge in [-0.1, -0.05) is 41.7 Å². The van der Waals surface area contributed by atoms with Crippen LogP contribution in [0.3, 0.4) is 0 Å². The first-order valence-electron chi connectivity index (χ1n) is 3.81. The number of esters is 1. The first kappa shape index (κ1) is 16.2. The van der Waals surface area contributed by atoms with E-state index in [1.807, 2.05) is 0 Å². The number of carbonyl (C=O) groups is 1. The zero-order valence-electron chi connectivity index (χ0n) is 7.79. The SMILES string of the molecule is CCC(C)(C(=O)OC(Cl)(Cl)Cl)C(Cl)(Cl)Cl. The fourth-order valence-electron chi connectivity index (χ4n) is 0.678. The van der Waals surface area contributed by atoms with Crippen LogP contribution in [0.1, 0.15) is 20.3 Å². The molecule has 0 radical (unpaired) electrons. The van der Waals surface area contributed by atoms with E-state index in [0.29, 0.717) is 0 Å². The van der Waals surface area contributed by atoms with Gasteiger partial charge in [-0.3, -0.25) is 4.79 Å². The number of ether oxygens (including phenoxy) is 1. The molecule has 0 spiro atoms. The van der Waals surface area contributed by atoms with E-state index in [2.05, 4.69) is 4.74 Å². The largest absolute Gasteiger partial charge is 0.414 e. The predicted octanol–water partition coefficient (Wildman–Crippen LogP) is 4.64. The highest BCUT2D eigenvalue weighted by atomic mass is 35.6. The number of hydrogen-bond donors (Lipinski definition) is 0. The van der Waals surface area contributed by atoms with Crippen LogP contribution in [0, 0.1) is 5.41 Å². The maximum atomic E-state index is 11.6. The van der Waals surface area contributed by atoms with Gasteiger partial charge in [-0.15, -0.1) is 0 Å². The summed E-state index contributed by atoms with van der Waals surface area (Å²) in [4.78, 5) is 11.6. The number of hydrogen-bond acceptors (Lipinski definition) is 2. The first-order valence-corrected chi connectivity index (χ1v) is 6.07. The van der Waals surface area contributed by atoms with Crippen molar-refractivity contribution < 1.29 is 9.53 Å². The molecule has 0 aliphatic rings. The third-order valence-electron chi connectivity index (χ3n) is 1.99. The van der Waals surface area contributed by atoms with Crippen LogP contribution in [0.15, 0.2) is 0 Å². The highest BCUT2D eigenvalue weighted by Gasteiger charge is 2.52. The van der Waals surface area contributed by atoms with Crippen molar-refractivity contribution >= 4 is 75.6 Å². The molecule has 0 aromatic carbocycles. The van der Waals surface area contributed by atoms with Crippen LogP contribution in [-0.4, -0.2) is 13.7 Å². The standard InChI is InChI=1S/C7H8Cl6O2/c1-3-5(2,6(8,9)10)4(14)15-7(11,12)13/h3H2,1-2H3. The van der Waals surface area contributed by atoms with Gasteiger partial charge in [0, 0.05) is 0 Å². The molecule has 0 saturated carbocycles. The van der Waals surface area contributed by atoms with Gasteiger partial charge in [-0.05, 0) is 48.1 Å². The van der Waals surface area contributed by atoms with E-state index >= 15 is 0 Å². The van der Waals surface area contributed by atoms with E-state index < -0.39 is 19.2 Å². The fourth-order valence-corrected chi connectivity index (χ4v) is 1.52. The Morgan fingerprint density at radius 3 is 1.73 bits per heavy atom. The average Bonchev–Trinajstić information content (AvgIpc) is 1.97. The topological polar surface area (TPSA) is 26.3 Å². The lowest BCUT2D eigenvalue weighted by atomic mass is 9.89. The van der Waals surface area contributed by atoms with E-state index in [1.165, 1.54) is 6.92 Å². The monoisotopic (exact) mass is 334 g/mol. The average molecular weight is 337 g/mol. The van der Waals surface area contributed by atoms with E-state index in [-0.39, 0.29) is 6.42 Å². The van der Waals surface area contributed by atoms with Crippen molar-refractivity contribution in [3.05, 3.63) is 0 Å². The Hall–Kier alpha value is 1.21. The number of carbonyl (C=O) groups excluding carboxylic acids is 1. The lowest BCUT2D eigenvalue weighted by Gasteiger charge is -2.33. The molecular formula is C7H8Cl6O2. The molecule has 1 atom stereocenters. The Kier molecular flexibility index (Phi) is 5.66. The Bertz CT molecular complexity index is 243. The summed E-state index contributed by atoms with van der Waals surface area (Å²) in [6.45, 7) is 3.07. The van der Waals surface area contributed by atoms with Crippen molar-refractivity contribution in [3.8, 4) is 0 Å². The second kappa shape index (κ2) is 5.24. The minimum Gasteiger partial charge on any atom is -0.414 e. The molecule has 0 aromatic heterocycles. The third-order valence-corrected chi connectivity index (χ3v) is 3.47. The normalized spacial score (nSPS) is 17.1. The molecule has 0 N–H and O–H groups in total. The van der Waals surface area contributed by atoms with Gasteiger partial charge in [0.1, 0.15) is 5.41 Å². The molecule has 15 heavy (non-hydrogen) atoms. The first-order chi connectivity index (χ1) is 6.44. The lowest BCUT2D eigenvalue weighted by molar-refractivity contribution is -0.155. The maximum absolute atomic E-state index is 11.6. The van der Waals surface area contributed by atoms with Crippen LogP contribution < -0.4 is 0 Å². The van der Waals surface area contributed by atoms with Crippen molar-refractivity contribution in [1.82, 2.24) is 0 Å². The lowest BCUT2D eigenvalue weighted by Crippen LogP contribution is -2.42. The van der Waals surface area contributed by atoms with Gasteiger partial charge in [0.15, 0.2) is 0 Å². The molecule has 2 nitrogen and oxygen atoms in total. The molecule has 0 aliphatic heterocycles. The predicted molar refractivity (Wildman–Crippen MR) is 65.1 cm³/mol. The third kappa shape index (κ3) is 4.53. The van der Waals surface area contributed by atoms with E-state index in [0.717, 1.165) is 0 Å². The Balaban J connectivity index is 4.92. The van der Waals surface area contributed by atoms with E-state index in [4.69, 9.17) is 69.6 Å². The van der Waals surface area contributed by atoms with Crippen molar-refractivity contribution in [3.63, 3.8) is 0 Å². The van der Waals surface area contributed by atoms with Crippen molar-refractivity contribution in [1.29, 1.82) is 0 Å². The molecule has 0 heterocycles. The second-order valence-corrected chi connectivity index (χ2v) is 7.48. The molecule has 0 aromatic rings. The molecule has 0 amide bonds. The maximum Gasteiger partial charge on any atom is 0.340 e. The summed E-state index contributed by atoms with van der Waals surface area (Å²) in [5.41, 5.74) is -1.37. The number of rotatable bonds is 2. The molecule has 90 valence electrons. The molecule has 0 aliphatic carbocycles. The molecule has 0 rings (SSSR count). The molecule has 1 unspecified atom stereocenters. The zero-order valence-corrected chi connectivity index (χ0v) is 12.3. The Morgan fingerprint density at radius 2 is 1.53 bits per heavy atom. The van der Waals surface area contributed by atoms with Crippen LogP contribution >= 0.6 is 69.6 Å². The van der Waals surface area contributed by atoms with Crippen molar-refractivity contribution in [2.24, 2.45) is 5.41 Å².